The van der Waals surface area contributed by atoms with Gasteiger partial charge in [0.15, 0.2) is 5.75 Å². The zero-order valence-corrected chi connectivity index (χ0v) is 16.4. The Bertz CT molecular complexity index is 788. The SMILES string of the molecule is Nc1cc(Cl)cc(Cl)c1OCc1ccc(C(=O)N[C@@H]2CCCC[C@H]2N)cc1. The van der Waals surface area contributed by atoms with Gasteiger partial charge in [0.05, 0.1) is 10.7 Å². The standard InChI is InChI=1S/C20H23Cl2N3O2/c21-14-9-15(22)19(17(24)10-14)27-11-12-5-7-13(8-6-12)20(26)25-18-4-2-1-3-16(18)23/h5-10,16,18H,1-4,11,23-24H2,(H,25,26)/t16-,18-/m1/s1. The van der Waals surface area contributed by atoms with Crippen LogP contribution in [-0.2, 0) is 6.61 Å². The number of nitrogens with one attached hydrogen (secondary N) is 1. The number of hydrogen-bond acceptors (Lipinski definition) is 4. The van der Waals surface area contributed by atoms with E-state index >= 15 is 0 Å². The maximum atomic E-state index is 12.4. The van der Waals surface area contributed by atoms with Gasteiger partial charge in [-0.3, -0.25) is 4.79 Å². The van der Waals surface area contributed by atoms with E-state index in [1.807, 2.05) is 12.1 Å². The normalized spacial score (nSPS) is 19.5. The first-order valence-corrected chi connectivity index (χ1v) is 9.72. The summed E-state index contributed by atoms with van der Waals surface area (Å²) < 4.78 is 5.71. The minimum absolute atomic E-state index is 0.0324. The average Bonchev–Trinajstić information content (AvgIpc) is 2.63. The van der Waals surface area contributed by atoms with E-state index in [2.05, 4.69) is 5.32 Å². The van der Waals surface area contributed by atoms with Crippen LogP contribution in [0, 0.1) is 0 Å². The van der Waals surface area contributed by atoms with Crippen LogP contribution in [0.1, 0.15) is 41.6 Å². The third-order valence-electron chi connectivity index (χ3n) is 4.77. The molecular formula is C20H23Cl2N3O2. The van der Waals surface area contributed by atoms with Gasteiger partial charge in [0.1, 0.15) is 6.61 Å². The summed E-state index contributed by atoms with van der Waals surface area (Å²) in [6.45, 7) is 0.279. The van der Waals surface area contributed by atoms with E-state index in [9.17, 15) is 4.79 Å². The van der Waals surface area contributed by atoms with Crippen molar-refractivity contribution in [3.63, 3.8) is 0 Å². The molecular weight excluding hydrogens is 385 g/mol. The lowest BCUT2D eigenvalue weighted by atomic mass is 9.91. The van der Waals surface area contributed by atoms with E-state index in [-0.39, 0.29) is 24.6 Å². The summed E-state index contributed by atoms with van der Waals surface area (Å²) in [4.78, 5) is 12.4. The fourth-order valence-electron chi connectivity index (χ4n) is 3.23. The number of benzene rings is 2. The quantitative estimate of drug-likeness (QED) is 0.649. The van der Waals surface area contributed by atoms with Crippen molar-refractivity contribution in [2.75, 3.05) is 5.73 Å². The minimum atomic E-state index is -0.102. The van der Waals surface area contributed by atoms with E-state index in [0.29, 0.717) is 27.0 Å². The lowest BCUT2D eigenvalue weighted by Crippen LogP contribution is -2.49. The Kier molecular flexibility index (Phi) is 6.47. The lowest BCUT2D eigenvalue weighted by molar-refractivity contribution is 0.0921. The van der Waals surface area contributed by atoms with Crippen LogP contribution in [0.2, 0.25) is 10.0 Å². The summed E-state index contributed by atoms with van der Waals surface area (Å²) in [5.41, 5.74) is 13.9. The molecule has 144 valence electrons. The van der Waals surface area contributed by atoms with Gasteiger partial charge in [-0.25, -0.2) is 0 Å². The first-order chi connectivity index (χ1) is 12.9. The predicted molar refractivity (Wildman–Crippen MR) is 109 cm³/mol. The van der Waals surface area contributed by atoms with E-state index in [4.69, 9.17) is 39.4 Å². The van der Waals surface area contributed by atoms with Gasteiger partial charge in [-0.2, -0.15) is 0 Å². The van der Waals surface area contributed by atoms with Crippen LogP contribution in [-0.4, -0.2) is 18.0 Å². The molecule has 0 saturated heterocycles. The number of carbonyl (C=O) groups is 1. The van der Waals surface area contributed by atoms with Gasteiger partial charge >= 0.3 is 0 Å². The predicted octanol–water partition coefficient (Wildman–Crippen LogP) is 4.15. The van der Waals surface area contributed by atoms with Crippen molar-refractivity contribution in [1.29, 1.82) is 0 Å². The van der Waals surface area contributed by atoms with Gasteiger partial charge in [0, 0.05) is 22.7 Å². The van der Waals surface area contributed by atoms with Crippen molar-refractivity contribution < 1.29 is 9.53 Å². The third kappa shape index (κ3) is 5.06. The Balaban J connectivity index is 1.59. The smallest absolute Gasteiger partial charge is 0.251 e. The van der Waals surface area contributed by atoms with Crippen molar-refractivity contribution in [3.05, 3.63) is 57.6 Å². The Hall–Kier alpha value is -1.95. The molecule has 1 saturated carbocycles. The molecule has 1 aliphatic carbocycles. The second kappa shape index (κ2) is 8.83. The molecule has 0 unspecified atom stereocenters. The highest BCUT2D eigenvalue weighted by molar-refractivity contribution is 6.36. The highest BCUT2D eigenvalue weighted by Gasteiger charge is 2.23. The second-order valence-corrected chi connectivity index (χ2v) is 7.66. The van der Waals surface area contributed by atoms with E-state index in [1.165, 1.54) is 0 Å². The molecule has 5 N–H and O–H groups in total. The molecule has 0 heterocycles. The van der Waals surface area contributed by atoms with Gasteiger partial charge in [0.2, 0.25) is 0 Å². The van der Waals surface area contributed by atoms with Crippen molar-refractivity contribution >= 4 is 34.8 Å². The number of halogens is 2. The average molecular weight is 408 g/mol. The molecule has 2 aromatic rings. The molecule has 1 fully saturated rings. The van der Waals surface area contributed by atoms with Gasteiger partial charge in [-0.05, 0) is 42.7 Å². The van der Waals surface area contributed by atoms with Crippen molar-refractivity contribution in [1.82, 2.24) is 5.32 Å². The highest BCUT2D eigenvalue weighted by atomic mass is 35.5. The van der Waals surface area contributed by atoms with E-state index in [0.717, 1.165) is 31.2 Å². The number of hydrogen-bond donors (Lipinski definition) is 3. The third-order valence-corrected chi connectivity index (χ3v) is 5.27. The number of rotatable bonds is 5. The molecule has 0 bridgehead atoms. The molecule has 7 heteroatoms. The first kappa shape index (κ1) is 19.8. The molecule has 2 aromatic carbocycles. The fourth-order valence-corrected chi connectivity index (χ4v) is 3.79. The van der Waals surface area contributed by atoms with Gasteiger partial charge < -0.3 is 21.5 Å². The summed E-state index contributed by atoms with van der Waals surface area (Å²) in [6, 6.07) is 10.5. The molecule has 27 heavy (non-hydrogen) atoms. The largest absolute Gasteiger partial charge is 0.485 e. The summed E-state index contributed by atoms with van der Waals surface area (Å²) in [6.07, 6.45) is 4.12. The Morgan fingerprint density at radius 3 is 2.52 bits per heavy atom. The van der Waals surface area contributed by atoms with Crippen LogP contribution in [0.5, 0.6) is 5.75 Å². The summed E-state index contributed by atoms with van der Waals surface area (Å²) in [7, 11) is 0. The van der Waals surface area contributed by atoms with Crippen LogP contribution in [0.15, 0.2) is 36.4 Å². The van der Waals surface area contributed by atoms with E-state index in [1.54, 1.807) is 24.3 Å². The molecule has 3 rings (SSSR count). The Morgan fingerprint density at radius 2 is 1.85 bits per heavy atom. The molecule has 0 aliphatic heterocycles. The van der Waals surface area contributed by atoms with Crippen molar-refractivity contribution in [2.45, 2.75) is 44.4 Å². The number of amides is 1. The molecule has 1 amide bonds. The number of nitrogens with two attached hydrogens (primary N) is 2. The zero-order chi connectivity index (χ0) is 19.4. The summed E-state index contributed by atoms with van der Waals surface area (Å²) in [5, 5.41) is 3.86. The molecule has 2 atom stereocenters. The first-order valence-electron chi connectivity index (χ1n) is 8.97. The van der Waals surface area contributed by atoms with Gasteiger partial charge in [0.25, 0.3) is 5.91 Å². The summed E-state index contributed by atoms with van der Waals surface area (Å²) >= 11 is 12.0. The maximum Gasteiger partial charge on any atom is 0.251 e. The highest BCUT2D eigenvalue weighted by Crippen LogP contribution is 2.34. The van der Waals surface area contributed by atoms with Gasteiger partial charge in [-0.15, -0.1) is 0 Å². The van der Waals surface area contributed by atoms with Crippen molar-refractivity contribution in [3.8, 4) is 5.75 Å². The fraction of sp³-hybridized carbons (Fsp3) is 0.350. The number of anilines is 1. The molecule has 0 radical (unpaired) electrons. The van der Waals surface area contributed by atoms with Crippen LogP contribution >= 0.6 is 23.2 Å². The number of carbonyl (C=O) groups excluding carboxylic acids is 1. The number of nitrogen functional groups attached to an aromatic ring is 1. The maximum absolute atomic E-state index is 12.4. The van der Waals surface area contributed by atoms with Crippen molar-refractivity contribution in [2.24, 2.45) is 5.73 Å². The molecule has 5 nitrogen and oxygen atoms in total. The van der Waals surface area contributed by atoms with Crippen LogP contribution in [0.25, 0.3) is 0 Å². The van der Waals surface area contributed by atoms with E-state index < -0.39 is 0 Å². The molecule has 0 aromatic heterocycles. The zero-order valence-electron chi connectivity index (χ0n) is 14.9. The van der Waals surface area contributed by atoms with Gasteiger partial charge in [-0.1, -0.05) is 48.2 Å². The van der Waals surface area contributed by atoms with Crippen LogP contribution in [0.3, 0.4) is 0 Å². The monoisotopic (exact) mass is 407 g/mol. The lowest BCUT2D eigenvalue weighted by Gasteiger charge is -2.29. The van der Waals surface area contributed by atoms with Crippen LogP contribution < -0.4 is 21.5 Å². The molecule has 1 aliphatic rings. The minimum Gasteiger partial charge on any atom is -0.485 e. The topological polar surface area (TPSA) is 90.4 Å². The Labute approximate surface area is 169 Å². The summed E-state index contributed by atoms with van der Waals surface area (Å²) in [5.74, 6) is 0.295. The second-order valence-electron chi connectivity index (χ2n) is 6.82. The van der Waals surface area contributed by atoms with Crippen LogP contribution in [0.4, 0.5) is 5.69 Å². The number of ether oxygens (including phenoxy) is 1. The Morgan fingerprint density at radius 1 is 1.15 bits per heavy atom. The molecule has 0 spiro atoms.